The van der Waals surface area contributed by atoms with E-state index in [9.17, 15) is 5.11 Å². The van der Waals surface area contributed by atoms with Crippen molar-refractivity contribution in [3.63, 3.8) is 0 Å². The van der Waals surface area contributed by atoms with Crippen molar-refractivity contribution < 1.29 is 5.11 Å². The molecular formula is C15H32OSi. The minimum atomic E-state index is -1.24. The number of aliphatic hydroxyl groups excluding tert-OH is 1. The second-order valence-electron chi connectivity index (χ2n) is 6.27. The van der Waals surface area contributed by atoms with Crippen molar-refractivity contribution in [2.45, 2.75) is 84.0 Å². The van der Waals surface area contributed by atoms with Crippen molar-refractivity contribution in [1.82, 2.24) is 0 Å². The van der Waals surface area contributed by atoms with E-state index in [0.29, 0.717) is 0 Å². The Morgan fingerprint density at radius 1 is 1.06 bits per heavy atom. The molecule has 0 radical (unpaired) electrons. The Morgan fingerprint density at radius 2 is 1.59 bits per heavy atom. The molecule has 0 bridgehead atoms. The Morgan fingerprint density at radius 3 is 2.12 bits per heavy atom. The molecule has 0 fully saturated rings. The Hall–Kier alpha value is -0.0831. The minimum absolute atomic E-state index is 0.152. The van der Waals surface area contributed by atoms with Crippen LogP contribution in [-0.2, 0) is 0 Å². The summed E-state index contributed by atoms with van der Waals surface area (Å²) in [6, 6.07) is 0. The molecular weight excluding hydrogens is 224 g/mol. The highest BCUT2D eigenvalue weighted by Gasteiger charge is 2.19. The van der Waals surface area contributed by atoms with E-state index in [4.69, 9.17) is 0 Å². The van der Waals surface area contributed by atoms with Crippen LogP contribution in [0.25, 0.3) is 0 Å². The quantitative estimate of drug-likeness (QED) is 0.434. The van der Waals surface area contributed by atoms with E-state index in [1.165, 1.54) is 43.7 Å². The average molecular weight is 257 g/mol. The number of rotatable bonds is 10. The van der Waals surface area contributed by atoms with Crippen LogP contribution >= 0.6 is 0 Å². The van der Waals surface area contributed by atoms with Crippen LogP contribution < -0.4 is 0 Å². The molecule has 0 aliphatic carbocycles. The summed E-state index contributed by atoms with van der Waals surface area (Å²) in [5.74, 6) is 0. The standard InChI is InChI=1S/C15H32OSi/c1-6-7-8-9-10-11-12-15(16)13-14(2)17(3,4)5/h15-16H,2,6-13H2,1,3-5H3. The third kappa shape index (κ3) is 9.60. The van der Waals surface area contributed by atoms with Gasteiger partial charge in [0, 0.05) is 0 Å². The van der Waals surface area contributed by atoms with Gasteiger partial charge in [-0.15, -0.1) is 6.58 Å². The second-order valence-corrected chi connectivity index (χ2v) is 11.5. The summed E-state index contributed by atoms with van der Waals surface area (Å²) >= 11 is 0. The van der Waals surface area contributed by atoms with Gasteiger partial charge in [-0.1, -0.05) is 70.3 Å². The third-order valence-electron chi connectivity index (χ3n) is 3.43. The van der Waals surface area contributed by atoms with Crippen LogP contribution in [0, 0.1) is 0 Å². The summed E-state index contributed by atoms with van der Waals surface area (Å²) in [6.07, 6.45) is 9.42. The zero-order valence-corrected chi connectivity index (χ0v) is 13.4. The summed E-state index contributed by atoms with van der Waals surface area (Å²) in [5.41, 5.74) is 0. The molecule has 0 aromatic rings. The molecule has 1 N–H and O–H groups in total. The molecule has 1 unspecified atom stereocenters. The van der Waals surface area contributed by atoms with E-state index < -0.39 is 8.07 Å². The number of hydrogen-bond acceptors (Lipinski definition) is 1. The lowest BCUT2D eigenvalue weighted by Gasteiger charge is -2.22. The second kappa shape index (κ2) is 8.93. The Labute approximate surface area is 109 Å². The predicted molar refractivity (Wildman–Crippen MR) is 81.1 cm³/mol. The fourth-order valence-corrected chi connectivity index (χ4v) is 2.70. The first-order valence-corrected chi connectivity index (χ1v) is 10.7. The van der Waals surface area contributed by atoms with E-state index in [1.54, 1.807) is 0 Å². The molecule has 1 atom stereocenters. The van der Waals surface area contributed by atoms with Gasteiger partial charge in [-0.2, -0.15) is 0 Å². The van der Waals surface area contributed by atoms with E-state index in [0.717, 1.165) is 12.8 Å². The lowest BCUT2D eigenvalue weighted by molar-refractivity contribution is 0.162. The Kier molecular flexibility index (Phi) is 8.88. The highest BCUT2D eigenvalue weighted by atomic mass is 28.3. The van der Waals surface area contributed by atoms with E-state index in [-0.39, 0.29) is 6.10 Å². The van der Waals surface area contributed by atoms with Crippen molar-refractivity contribution in [1.29, 1.82) is 0 Å². The van der Waals surface area contributed by atoms with Crippen molar-refractivity contribution in [2.24, 2.45) is 0 Å². The first-order valence-electron chi connectivity index (χ1n) is 7.24. The molecule has 102 valence electrons. The Balaban J connectivity index is 3.53. The average Bonchev–Trinajstić information content (AvgIpc) is 2.21. The lowest BCUT2D eigenvalue weighted by Crippen LogP contribution is -2.26. The minimum Gasteiger partial charge on any atom is -0.393 e. The molecule has 0 heterocycles. The van der Waals surface area contributed by atoms with Crippen LogP contribution in [-0.4, -0.2) is 19.3 Å². The van der Waals surface area contributed by atoms with Crippen LogP contribution in [0.3, 0.4) is 0 Å². The maximum absolute atomic E-state index is 9.95. The smallest absolute Gasteiger partial charge is 0.0717 e. The van der Waals surface area contributed by atoms with E-state index >= 15 is 0 Å². The first-order chi connectivity index (χ1) is 7.88. The molecule has 0 saturated carbocycles. The van der Waals surface area contributed by atoms with Gasteiger partial charge in [0.1, 0.15) is 0 Å². The summed E-state index contributed by atoms with van der Waals surface area (Å²) in [4.78, 5) is 0. The predicted octanol–water partition coefficient (Wildman–Crippen LogP) is 4.92. The van der Waals surface area contributed by atoms with Gasteiger partial charge in [0.05, 0.1) is 14.2 Å². The number of aliphatic hydroxyl groups is 1. The maximum atomic E-state index is 9.95. The van der Waals surface area contributed by atoms with Gasteiger partial charge in [-0.3, -0.25) is 0 Å². The summed E-state index contributed by atoms with van der Waals surface area (Å²) in [7, 11) is -1.24. The number of hydrogen-bond donors (Lipinski definition) is 1. The molecule has 0 spiro atoms. The van der Waals surface area contributed by atoms with Crippen molar-refractivity contribution >= 4 is 8.07 Å². The lowest BCUT2D eigenvalue weighted by atomic mass is 10.1. The Bertz CT molecular complexity index is 205. The van der Waals surface area contributed by atoms with Gasteiger partial charge in [0.25, 0.3) is 0 Å². The topological polar surface area (TPSA) is 20.2 Å². The van der Waals surface area contributed by atoms with Gasteiger partial charge >= 0.3 is 0 Å². The van der Waals surface area contributed by atoms with Crippen LogP contribution in [0.5, 0.6) is 0 Å². The molecule has 0 aromatic heterocycles. The molecule has 0 saturated heterocycles. The van der Waals surface area contributed by atoms with Gasteiger partial charge in [-0.25, -0.2) is 0 Å². The molecule has 17 heavy (non-hydrogen) atoms. The van der Waals surface area contributed by atoms with Gasteiger partial charge in [0.15, 0.2) is 0 Å². The van der Waals surface area contributed by atoms with Gasteiger partial charge < -0.3 is 5.11 Å². The van der Waals surface area contributed by atoms with E-state index in [2.05, 4.69) is 33.1 Å². The highest BCUT2D eigenvalue weighted by Crippen LogP contribution is 2.20. The zero-order chi connectivity index (χ0) is 13.3. The highest BCUT2D eigenvalue weighted by molar-refractivity contribution is 6.82. The SMILES string of the molecule is C=C(CC(O)CCCCCCCC)[Si](C)(C)C. The monoisotopic (exact) mass is 256 g/mol. The van der Waals surface area contributed by atoms with Crippen molar-refractivity contribution in [2.75, 3.05) is 0 Å². The fourth-order valence-electron chi connectivity index (χ4n) is 1.85. The molecule has 0 rings (SSSR count). The molecule has 0 amide bonds. The van der Waals surface area contributed by atoms with Crippen LogP contribution in [0.1, 0.15) is 58.3 Å². The number of unbranched alkanes of at least 4 members (excludes halogenated alkanes) is 5. The largest absolute Gasteiger partial charge is 0.393 e. The van der Waals surface area contributed by atoms with Crippen LogP contribution in [0.2, 0.25) is 19.6 Å². The van der Waals surface area contributed by atoms with Gasteiger partial charge in [0.2, 0.25) is 0 Å². The summed E-state index contributed by atoms with van der Waals surface area (Å²) in [5, 5.41) is 11.2. The summed E-state index contributed by atoms with van der Waals surface area (Å²) < 4.78 is 0. The van der Waals surface area contributed by atoms with E-state index in [1.807, 2.05) is 0 Å². The van der Waals surface area contributed by atoms with Crippen LogP contribution in [0.15, 0.2) is 11.8 Å². The zero-order valence-electron chi connectivity index (χ0n) is 12.4. The molecule has 0 aromatic carbocycles. The molecule has 0 aliphatic rings. The molecule has 2 heteroatoms. The fraction of sp³-hybridized carbons (Fsp3) is 0.867. The van der Waals surface area contributed by atoms with Crippen molar-refractivity contribution in [3.05, 3.63) is 11.8 Å². The van der Waals surface area contributed by atoms with Gasteiger partial charge in [-0.05, 0) is 12.8 Å². The van der Waals surface area contributed by atoms with Crippen LogP contribution in [0.4, 0.5) is 0 Å². The third-order valence-corrected chi connectivity index (χ3v) is 5.76. The molecule has 1 nitrogen and oxygen atoms in total. The summed E-state index contributed by atoms with van der Waals surface area (Å²) in [6.45, 7) is 13.3. The maximum Gasteiger partial charge on any atom is 0.0717 e. The molecule has 0 aliphatic heterocycles. The normalized spacial score (nSPS) is 13.7. The first kappa shape index (κ1) is 16.9. The van der Waals surface area contributed by atoms with Crippen molar-refractivity contribution in [3.8, 4) is 0 Å².